The lowest BCUT2D eigenvalue weighted by atomic mass is 9.35. The quantitative estimate of drug-likeness (QED) is 0.307. The minimum atomic E-state index is -2.24. The maximum atomic E-state index is 13.7. The molecule has 5 fully saturated rings. The van der Waals surface area contributed by atoms with Gasteiger partial charge in [0, 0.05) is 61.8 Å². The summed E-state index contributed by atoms with van der Waals surface area (Å²) in [6.07, 6.45) is -4.92. The smallest absolute Gasteiger partial charge is 0.335 e. The van der Waals surface area contributed by atoms with Crippen molar-refractivity contribution in [1.29, 1.82) is 0 Å². The van der Waals surface area contributed by atoms with Gasteiger partial charge >= 0.3 is 35.8 Å². The van der Waals surface area contributed by atoms with Crippen LogP contribution in [0.3, 0.4) is 0 Å². The van der Waals surface area contributed by atoms with Gasteiger partial charge in [-0.2, -0.15) is 0 Å². The van der Waals surface area contributed by atoms with Crippen molar-refractivity contribution in [3.8, 4) is 0 Å². The van der Waals surface area contributed by atoms with E-state index in [4.69, 9.17) is 32.8 Å². The number of carbonyl (C=O) groups is 6. The maximum Gasteiger partial charge on any atom is 0.335 e. The molecule has 4 aliphatic carbocycles. The van der Waals surface area contributed by atoms with Gasteiger partial charge in [0.05, 0.1) is 37.4 Å². The van der Waals surface area contributed by atoms with Gasteiger partial charge in [-0.1, -0.05) is 20.8 Å². The molecule has 0 radical (unpaired) electrons. The Morgan fingerprint density at radius 1 is 0.920 bits per heavy atom. The Kier molecular flexibility index (Phi) is 8.26. The highest BCUT2D eigenvalue weighted by atomic mass is 16.6. The summed E-state index contributed by atoms with van der Waals surface area (Å²) in [5.74, 6) is -9.62. The van der Waals surface area contributed by atoms with E-state index >= 15 is 0 Å². The summed E-state index contributed by atoms with van der Waals surface area (Å²) in [4.78, 5) is 78.7. The molecule has 50 heavy (non-hydrogen) atoms. The van der Waals surface area contributed by atoms with Crippen LogP contribution in [0.25, 0.3) is 0 Å². The number of hydrogen-bond donors (Lipinski definition) is 2. The molecule has 1 aromatic rings. The number of aliphatic hydroxyl groups is 2. The zero-order chi connectivity index (χ0) is 36.9. The Labute approximate surface area is 288 Å². The third kappa shape index (κ3) is 4.47. The van der Waals surface area contributed by atoms with Crippen LogP contribution in [0.5, 0.6) is 0 Å². The van der Waals surface area contributed by atoms with Gasteiger partial charge < -0.3 is 43.1 Å². The number of cyclic esters (lactones) is 1. The number of ether oxygens (including phenoxy) is 6. The first kappa shape index (κ1) is 35.8. The van der Waals surface area contributed by atoms with E-state index in [-0.39, 0.29) is 12.8 Å². The molecule has 2 bridgehead atoms. The van der Waals surface area contributed by atoms with Gasteiger partial charge in [-0.3, -0.25) is 24.0 Å². The summed E-state index contributed by atoms with van der Waals surface area (Å²) in [5, 5.41) is 25.6. The van der Waals surface area contributed by atoms with E-state index in [0.717, 1.165) is 21.0 Å². The SMILES string of the molecule is COC(=O)[C@H](O)[C@H]1[C@]2(C)C[C@]3(OC(C)=O)[C@H]([C@H]2OC(C)=O)[C@@H](OC(C)=O)[C@]2(O)[C@@H]4CC(=O)O[C@@H](c5ccoc5)[C@]4(C)[C@@H](OC(C)=O)C[C@@H]2[C@]13C. The molecule has 14 atom stereocenters. The standard InChI is InChI=1S/C35H44O15/c1-15(36)46-22-11-21-33(7)26(25(41)30(42)44-8)31(5)14-34(33,50-18(4)39)24(28(31)47-16(2)37)29(48-17(3)38)35(21,43)20-12-23(40)49-27(32(20,22)6)19-9-10-45-13-19/h9-10,13,20-22,24-29,41,43H,11-12,14H2,1-8H3/t20-,21-,22+,24-,25-,26+,27+,28-,29-,31+,32+,33-,34+,35+/m1/s1. The molecule has 4 saturated carbocycles. The normalized spacial score (nSPS) is 44.5. The lowest BCUT2D eigenvalue weighted by Crippen LogP contribution is -2.83. The monoisotopic (exact) mass is 704 g/mol. The van der Waals surface area contributed by atoms with E-state index in [1.54, 1.807) is 26.8 Å². The molecule has 1 aliphatic heterocycles. The van der Waals surface area contributed by atoms with Gasteiger partial charge in [0.2, 0.25) is 0 Å². The number of rotatable bonds is 7. The number of hydrogen-bond acceptors (Lipinski definition) is 15. The third-order valence-corrected chi connectivity index (χ3v) is 13.0. The molecule has 0 spiro atoms. The van der Waals surface area contributed by atoms with E-state index in [0.29, 0.717) is 5.56 Å². The average Bonchev–Trinajstić information content (AvgIpc) is 3.67. The van der Waals surface area contributed by atoms with Crippen LogP contribution in [0.4, 0.5) is 0 Å². The van der Waals surface area contributed by atoms with Gasteiger partial charge in [0.25, 0.3) is 0 Å². The Morgan fingerprint density at radius 2 is 1.54 bits per heavy atom. The predicted octanol–water partition coefficient (Wildman–Crippen LogP) is 1.95. The zero-order valence-corrected chi connectivity index (χ0v) is 29.3. The molecule has 0 amide bonds. The zero-order valence-electron chi connectivity index (χ0n) is 29.3. The van der Waals surface area contributed by atoms with Crippen LogP contribution < -0.4 is 0 Å². The molecule has 5 aliphatic rings. The van der Waals surface area contributed by atoms with E-state index in [2.05, 4.69) is 0 Å². The topological polar surface area (TPSA) is 211 Å². The molecule has 15 heteroatoms. The van der Waals surface area contributed by atoms with Crippen LogP contribution in [0.15, 0.2) is 23.0 Å². The predicted molar refractivity (Wildman–Crippen MR) is 164 cm³/mol. The molecule has 1 aromatic heterocycles. The number of methoxy groups -OCH3 is 1. The largest absolute Gasteiger partial charge is 0.472 e. The Morgan fingerprint density at radius 3 is 2.08 bits per heavy atom. The molecule has 0 aromatic carbocycles. The summed E-state index contributed by atoms with van der Waals surface area (Å²) >= 11 is 0. The molecule has 6 rings (SSSR count). The summed E-state index contributed by atoms with van der Waals surface area (Å²) in [6, 6.07) is 1.58. The Bertz CT molecular complexity index is 1620. The van der Waals surface area contributed by atoms with Crippen molar-refractivity contribution < 1.29 is 71.8 Å². The summed E-state index contributed by atoms with van der Waals surface area (Å²) in [7, 11) is 1.10. The highest BCUT2D eigenvalue weighted by Crippen LogP contribution is 2.82. The van der Waals surface area contributed by atoms with Gasteiger partial charge in [-0.15, -0.1) is 0 Å². The van der Waals surface area contributed by atoms with Gasteiger partial charge in [-0.25, -0.2) is 4.79 Å². The fraction of sp³-hybridized carbons (Fsp3) is 0.714. The summed E-state index contributed by atoms with van der Waals surface area (Å²) < 4.78 is 40.7. The average molecular weight is 705 g/mol. The Hall–Kier alpha value is -3.98. The number of fused-ring (bicyclic) bond motifs is 5. The van der Waals surface area contributed by atoms with Crippen molar-refractivity contribution >= 4 is 35.8 Å². The summed E-state index contributed by atoms with van der Waals surface area (Å²) in [6.45, 7) is 9.73. The second-order valence-electron chi connectivity index (χ2n) is 15.3. The van der Waals surface area contributed by atoms with Crippen molar-refractivity contribution in [2.75, 3.05) is 7.11 Å². The minimum absolute atomic E-state index is 0.0817. The van der Waals surface area contributed by atoms with Crippen molar-refractivity contribution in [2.45, 2.75) is 109 Å². The molecule has 0 unspecified atom stereocenters. The van der Waals surface area contributed by atoms with Crippen molar-refractivity contribution in [3.63, 3.8) is 0 Å². The fourth-order valence-corrected chi connectivity index (χ4v) is 11.8. The van der Waals surface area contributed by atoms with Gasteiger partial charge in [0.15, 0.2) is 6.10 Å². The highest BCUT2D eigenvalue weighted by molar-refractivity contribution is 5.76. The number of furan rings is 1. The lowest BCUT2D eigenvalue weighted by molar-refractivity contribution is -0.369. The molecule has 1 saturated heterocycles. The van der Waals surface area contributed by atoms with Gasteiger partial charge in [0.1, 0.15) is 35.6 Å². The fourth-order valence-electron chi connectivity index (χ4n) is 11.8. The van der Waals surface area contributed by atoms with Crippen LogP contribution in [0, 0.1) is 39.9 Å². The lowest BCUT2D eigenvalue weighted by Gasteiger charge is -2.73. The second kappa shape index (κ2) is 11.5. The minimum Gasteiger partial charge on any atom is -0.472 e. The van der Waals surface area contributed by atoms with E-state index in [1.807, 2.05) is 0 Å². The van der Waals surface area contributed by atoms with Crippen molar-refractivity contribution in [3.05, 3.63) is 24.2 Å². The van der Waals surface area contributed by atoms with Crippen LogP contribution in [-0.2, 0) is 57.2 Å². The van der Waals surface area contributed by atoms with E-state index < -0.39 is 124 Å². The first-order valence-corrected chi connectivity index (χ1v) is 16.7. The van der Waals surface area contributed by atoms with Crippen LogP contribution in [-0.4, -0.2) is 88.8 Å². The molecule has 2 heterocycles. The number of aliphatic hydroxyl groups excluding tert-OH is 1. The highest BCUT2D eigenvalue weighted by Gasteiger charge is 2.91. The molecule has 15 nitrogen and oxygen atoms in total. The van der Waals surface area contributed by atoms with E-state index in [9.17, 15) is 39.0 Å². The van der Waals surface area contributed by atoms with Crippen LogP contribution in [0.1, 0.15) is 79.4 Å². The Balaban J connectivity index is 1.71. The summed E-state index contributed by atoms with van der Waals surface area (Å²) in [5.41, 5.74) is -7.89. The second-order valence-corrected chi connectivity index (χ2v) is 15.3. The molecular weight excluding hydrogens is 660 g/mol. The molecular formula is C35H44O15. The van der Waals surface area contributed by atoms with Gasteiger partial charge in [-0.05, 0) is 18.9 Å². The number of esters is 6. The molecule has 274 valence electrons. The maximum absolute atomic E-state index is 13.7. The molecule has 2 N–H and O–H groups in total. The third-order valence-electron chi connectivity index (χ3n) is 13.0. The van der Waals surface area contributed by atoms with Crippen molar-refractivity contribution in [1.82, 2.24) is 0 Å². The first-order chi connectivity index (χ1) is 23.2. The van der Waals surface area contributed by atoms with Crippen LogP contribution >= 0.6 is 0 Å². The number of carbonyl (C=O) groups excluding carboxylic acids is 6. The van der Waals surface area contributed by atoms with Crippen LogP contribution in [0.2, 0.25) is 0 Å². The van der Waals surface area contributed by atoms with E-state index in [1.165, 1.54) is 26.4 Å². The van der Waals surface area contributed by atoms with Crippen molar-refractivity contribution in [2.24, 2.45) is 39.9 Å². The first-order valence-electron chi connectivity index (χ1n) is 16.7.